The van der Waals surface area contributed by atoms with Gasteiger partial charge in [0.05, 0.1) is 20.5 Å². The summed E-state index contributed by atoms with van der Waals surface area (Å²) in [5.41, 5.74) is 0.515. The van der Waals surface area contributed by atoms with E-state index in [1.807, 2.05) is 32.0 Å². The van der Waals surface area contributed by atoms with E-state index in [1.54, 1.807) is 21.3 Å². The van der Waals surface area contributed by atoms with E-state index in [-0.39, 0.29) is 30.0 Å². The van der Waals surface area contributed by atoms with E-state index in [1.165, 1.54) is 0 Å². The van der Waals surface area contributed by atoms with E-state index in [2.05, 4.69) is 25.2 Å². The van der Waals surface area contributed by atoms with Gasteiger partial charge < -0.3 is 20.1 Å². The molecule has 1 atom stereocenters. The third-order valence-corrected chi connectivity index (χ3v) is 5.74. The fraction of sp³-hybridized carbons (Fsp3) is 0.650. The lowest BCUT2D eigenvalue weighted by atomic mass is 10.1. The lowest BCUT2D eigenvalue weighted by Gasteiger charge is -2.27. The number of methoxy groups -OCH3 is 2. The zero-order valence-corrected chi connectivity index (χ0v) is 22.3. The number of nitrogens with one attached hydrogen (secondary N) is 3. The summed E-state index contributed by atoms with van der Waals surface area (Å²) in [6.45, 7) is 6.73. The first-order valence-corrected chi connectivity index (χ1v) is 11.8. The van der Waals surface area contributed by atoms with Crippen LogP contribution in [-0.2, 0) is 16.6 Å². The van der Waals surface area contributed by atoms with Gasteiger partial charge in [0, 0.05) is 50.9 Å². The van der Waals surface area contributed by atoms with E-state index in [9.17, 15) is 8.42 Å². The van der Waals surface area contributed by atoms with Gasteiger partial charge in [0.25, 0.3) is 0 Å². The molecule has 0 bridgehead atoms. The molecule has 0 spiro atoms. The topological polar surface area (TPSA) is 104 Å². The van der Waals surface area contributed by atoms with Gasteiger partial charge >= 0.3 is 0 Å². The van der Waals surface area contributed by atoms with Crippen LogP contribution >= 0.6 is 24.0 Å². The number of hydrogen-bond donors (Lipinski definition) is 3. The summed E-state index contributed by atoms with van der Waals surface area (Å²) in [5, 5.41) is 6.65. The van der Waals surface area contributed by atoms with Crippen molar-refractivity contribution in [3.8, 4) is 11.5 Å². The summed E-state index contributed by atoms with van der Waals surface area (Å²) in [5.74, 6) is 2.23. The molecule has 0 aliphatic carbocycles. The van der Waals surface area contributed by atoms with Crippen molar-refractivity contribution in [1.82, 2.24) is 20.3 Å². The number of nitrogens with zero attached hydrogens (tertiary/aromatic N) is 2. The first-order valence-electron chi connectivity index (χ1n) is 9.94. The molecular weight excluding hydrogens is 533 g/mol. The van der Waals surface area contributed by atoms with E-state index >= 15 is 0 Å². The number of rotatable bonds is 9. The van der Waals surface area contributed by atoms with Crippen LogP contribution in [0.5, 0.6) is 11.5 Å². The molecule has 1 aromatic rings. The second kappa shape index (κ2) is 12.1. The summed E-state index contributed by atoms with van der Waals surface area (Å²) in [4.78, 5) is 6.64. The largest absolute Gasteiger partial charge is 0.497 e. The van der Waals surface area contributed by atoms with Gasteiger partial charge in [-0.1, -0.05) is 0 Å². The fourth-order valence-electron chi connectivity index (χ4n) is 3.54. The Morgan fingerprint density at radius 2 is 1.84 bits per heavy atom. The molecule has 0 aromatic heterocycles. The number of likely N-dealkylation sites (tertiary alicyclic amines) is 1. The number of halogens is 1. The summed E-state index contributed by atoms with van der Waals surface area (Å²) < 4.78 is 36.3. The molecule has 1 aliphatic heterocycles. The van der Waals surface area contributed by atoms with Crippen LogP contribution < -0.4 is 24.8 Å². The Balaban J connectivity index is 0.00000480. The Hall–Kier alpha value is -1.31. The maximum absolute atomic E-state index is 11.5. The molecule has 0 radical (unpaired) electrons. The van der Waals surface area contributed by atoms with Crippen molar-refractivity contribution in [3.05, 3.63) is 23.8 Å². The molecule has 11 heteroatoms. The summed E-state index contributed by atoms with van der Waals surface area (Å²) in [6, 6.07) is 6.18. The van der Waals surface area contributed by atoms with E-state index in [0.29, 0.717) is 12.5 Å². The van der Waals surface area contributed by atoms with Crippen molar-refractivity contribution >= 4 is 40.0 Å². The van der Waals surface area contributed by atoms with Crippen LogP contribution in [0.15, 0.2) is 23.2 Å². The first kappa shape index (κ1) is 27.7. The normalized spacial score (nSPS) is 17.7. The highest BCUT2D eigenvalue weighted by Crippen LogP contribution is 2.24. The average molecular weight is 570 g/mol. The molecule has 2 rings (SSSR count). The maximum atomic E-state index is 11.5. The van der Waals surface area contributed by atoms with Gasteiger partial charge in [-0.3, -0.25) is 9.89 Å². The Morgan fingerprint density at radius 3 is 2.35 bits per heavy atom. The zero-order valence-electron chi connectivity index (χ0n) is 19.2. The van der Waals surface area contributed by atoms with Gasteiger partial charge in [0.15, 0.2) is 5.96 Å². The van der Waals surface area contributed by atoms with Gasteiger partial charge in [-0.05, 0) is 38.0 Å². The molecular formula is C20H36IN5O4S. The Kier molecular flexibility index (Phi) is 10.8. The second-order valence-corrected chi connectivity index (χ2v) is 10.0. The summed E-state index contributed by atoms with van der Waals surface area (Å²) in [7, 11) is 1.73. The van der Waals surface area contributed by atoms with Crippen molar-refractivity contribution < 1.29 is 17.9 Å². The van der Waals surface area contributed by atoms with Gasteiger partial charge in [0.2, 0.25) is 10.0 Å². The molecule has 9 nitrogen and oxygen atoms in total. The fourth-order valence-corrected chi connectivity index (χ4v) is 4.62. The SMILES string of the molecule is CN=C(NCC(C)(C)NS(C)(=O)=O)NC1CCN(Cc2cc(OC)cc(OC)c2)C1.I. The van der Waals surface area contributed by atoms with Gasteiger partial charge in [0.1, 0.15) is 11.5 Å². The van der Waals surface area contributed by atoms with Gasteiger partial charge in [-0.25, -0.2) is 13.1 Å². The molecule has 3 N–H and O–H groups in total. The predicted octanol–water partition coefficient (Wildman–Crippen LogP) is 1.39. The minimum atomic E-state index is -3.28. The molecule has 1 unspecified atom stereocenters. The van der Waals surface area contributed by atoms with Crippen LogP contribution in [0.3, 0.4) is 0 Å². The lowest BCUT2D eigenvalue weighted by molar-refractivity contribution is 0.321. The van der Waals surface area contributed by atoms with Gasteiger partial charge in [-0.15, -0.1) is 24.0 Å². The molecule has 178 valence electrons. The van der Waals surface area contributed by atoms with Crippen LogP contribution in [0, 0.1) is 0 Å². The van der Waals surface area contributed by atoms with Crippen molar-refractivity contribution in [1.29, 1.82) is 0 Å². The Labute approximate surface area is 203 Å². The minimum Gasteiger partial charge on any atom is -0.497 e. The molecule has 0 amide bonds. The summed E-state index contributed by atoms with van der Waals surface area (Å²) in [6.07, 6.45) is 2.15. The predicted molar refractivity (Wildman–Crippen MR) is 135 cm³/mol. The number of hydrogen-bond acceptors (Lipinski definition) is 6. The molecule has 0 saturated carbocycles. The van der Waals surface area contributed by atoms with E-state index in [4.69, 9.17) is 9.47 Å². The molecule has 1 heterocycles. The van der Waals surface area contributed by atoms with Crippen LogP contribution in [-0.4, -0.2) is 78.0 Å². The second-order valence-electron chi connectivity index (χ2n) is 8.27. The standard InChI is InChI=1S/C20H35N5O4S.HI/c1-20(2,24-30(6,26)27)14-22-19(21-3)23-16-7-8-25(13-16)12-15-9-17(28-4)11-18(10-15)29-5;/h9-11,16,24H,7-8,12-14H2,1-6H3,(H2,21,22,23);1H. The van der Waals surface area contributed by atoms with Gasteiger partial charge in [-0.2, -0.15) is 0 Å². The molecule has 31 heavy (non-hydrogen) atoms. The smallest absolute Gasteiger partial charge is 0.209 e. The Bertz CT molecular complexity index is 826. The van der Waals surface area contributed by atoms with Crippen molar-refractivity contribution in [2.24, 2.45) is 4.99 Å². The number of ether oxygens (including phenoxy) is 2. The average Bonchev–Trinajstić information content (AvgIpc) is 3.09. The molecule has 1 fully saturated rings. The molecule has 1 saturated heterocycles. The lowest BCUT2D eigenvalue weighted by Crippen LogP contribution is -2.54. The maximum Gasteiger partial charge on any atom is 0.209 e. The number of sulfonamides is 1. The monoisotopic (exact) mass is 569 g/mol. The quantitative estimate of drug-likeness (QED) is 0.235. The number of aliphatic imine (C=N–C) groups is 1. The minimum absolute atomic E-state index is 0. The van der Waals surface area contributed by atoms with E-state index in [0.717, 1.165) is 49.4 Å². The highest BCUT2D eigenvalue weighted by Gasteiger charge is 2.25. The Morgan fingerprint density at radius 1 is 1.23 bits per heavy atom. The molecule has 1 aliphatic rings. The van der Waals surface area contributed by atoms with E-state index < -0.39 is 15.6 Å². The third-order valence-electron chi connectivity index (χ3n) is 4.81. The number of benzene rings is 1. The van der Waals surface area contributed by atoms with Crippen LogP contribution in [0.2, 0.25) is 0 Å². The highest BCUT2D eigenvalue weighted by atomic mass is 127. The van der Waals surface area contributed by atoms with Crippen LogP contribution in [0.1, 0.15) is 25.8 Å². The van der Waals surface area contributed by atoms with Crippen molar-refractivity contribution in [2.45, 2.75) is 38.4 Å². The van der Waals surface area contributed by atoms with Crippen molar-refractivity contribution in [2.75, 3.05) is 47.2 Å². The third kappa shape index (κ3) is 9.79. The first-order chi connectivity index (χ1) is 14.0. The summed E-state index contributed by atoms with van der Waals surface area (Å²) >= 11 is 0. The zero-order chi connectivity index (χ0) is 22.4. The van der Waals surface area contributed by atoms with Crippen molar-refractivity contribution in [3.63, 3.8) is 0 Å². The highest BCUT2D eigenvalue weighted by molar-refractivity contribution is 14.0. The van der Waals surface area contributed by atoms with Crippen LogP contribution in [0.4, 0.5) is 0 Å². The molecule has 1 aromatic carbocycles. The van der Waals surface area contributed by atoms with Crippen LogP contribution in [0.25, 0.3) is 0 Å². The number of guanidine groups is 1.